The molecular weight excluding hydrogens is 196 g/mol. The van der Waals surface area contributed by atoms with Crippen LogP contribution in [0.1, 0.15) is 23.5 Å². The van der Waals surface area contributed by atoms with E-state index in [1.54, 1.807) is 7.05 Å². The van der Waals surface area contributed by atoms with Crippen molar-refractivity contribution in [3.05, 3.63) is 60.7 Å². The lowest BCUT2D eigenvalue weighted by atomic mass is 9.95. The Morgan fingerprint density at radius 2 is 1.94 bits per heavy atom. The van der Waals surface area contributed by atoms with Gasteiger partial charge in [-0.1, -0.05) is 36.4 Å². The fourth-order valence-corrected chi connectivity index (χ4v) is 1.57. The average molecular weight is 214 g/mol. The molecule has 0 aliphatic rings. The van der Waals surface area contributed by atoms with Crippen LogP contribution < -0.4 is 0 Å². The average Bonchev–Trinajstić information content (AvgIpc) is 2.34. The standard InChI is InChI=1S/C14H18N2/c1-4-6-13(5-2)14-9-7-12(8-10-14)11-16-15-3/h4-5,7-10,13H,1-2,6,11H2,3H3. The minimum Gasteiger partial charge on any atom is -0.197 e. The van der Waals surface area contributed by atoms with Gasteiger partial charge in [-0.15, -0.1) is 13.2 Å². The van der Waals surface area contributed by atoms with Crippen LogP contribution in [0.3, 0.4) is 0 Å². The number of benzene rings is 1. The third kappa shape index (κ3) is 3.46. The highest BCUT2D eigenvalue weighted by Gasteiger charge is 2.04. The van der Waals surface area contributed by atoms with E-state index in [-0.39, 0.29) is 0 Å². The summed E-state index contributed by atoms with van der Waals surface area (Å²) in [5.41, 5.74) is 2.45. The molecule has 1 aromatic rings. The fourth-order valence-electron chi connectivity index (χ4n) is 1.57. The summed E-state index contributed by atoms with van der Waals surface area (Å²) in [7, 11) is 1.69. The lowest BCUT2D eigenvalue weighted by molar-refractivity contribution is 0.863. The predicted octanol–water partition coefficient (Wildman–Crippen LogP) is 4.11. The molecule has 0 saturated heterocycles. The molecule has 0 N–H and O–H groups in total. The van der Waals surface area contributed by atoms with Crippen molar-refractivity contribution in [3.63, 3.8) is 0 Å². The molecule has 16 heavy (non-hydrogen) atoms. The molecule has 84 valence electrons. The van der Waals surface area contributed by atoms with Crippen molar-refractivity contribution in [2.24, 2.45) is 10.2 Å². The third-order valence-electron chi connectivity index (χ3n) is 2.51. The molecule has 0 amide bonds. The molecule has 0 aliphatic heterocycles. The topological polar surface area (TPSA) is 24.7 Å². The zero-order valence-electron chi connectivity index (χ0n) is 9.76. The van der Waals surface area contributed by atoms with Crippen LogP contribution in [0.15, 0.2) is 59.8 Å². The van der Waals surface area contributed by atoms with Crippen molar-refractivity contribution in [2.75, 3.05) is 7.05 Å². The van der Waals surface area contributed by atoms with E-state index < -0.39 is 0 Å². The van der Waals surface area contributed by atoms with E-state index in [2.05, 4.69) is 47.7 Å². The van der Waals surface area contributed by atoms with Crippen LogP contribution in [0.25, 0.3) is 0 Å². The maximum atomic E-state index is 3.96. The Morgan fingerprint density at radius 3 is 2.44 bits per heavy atom. The maximum Gasteiger partial charge on any atom is 0.0849 e. The quantitative estimate of drug-likeness (QED) is 0.503. The summed E-state index contributed by atoms with van der Waals surface area (Å²) in [4.78, 5) is 0. The van der Waals surface area contributed by atoms with Gasteiger partial charge in [0.15, 0.2) is 0 Å². The Hall–Kier alpha value is -1.70. The number of allylic oxidation sites excluding steroid dienone is 2. The number of rotatable bonds is 6. The highest BCUT2D eigenvalue weighted by atomic mass is 15.1. The van der Waals surface area contributed by atoms with Crippen molar-refractivity contribution in [1.29, 1.82) is 0 Å². The second-order valence-electron chi connectivity index (χ2n) is 3.61. The first-order chi connectivity index (χ1) is 7.81. The van der Waals surface area contributed by atoms with Gasteiger partial charge in [-0.05, 0) is 17.5 Å². The molecule has 0 fully saturated rings. The Balaban J connectivity index is 2.76. The van der Waals surface area contributed by atoms with Gasteiger partial charge in [-0.3, -0.25) is 0 Å². The smallest absolute Gasteiger partial charge is 0.0849 e. The van der Waals surface area contributed by atoms with E-state index in [0.717, 1.165) is 6.42 Å². The highest BCUT2D eigenvalue weighted by Crippen LogP contribution is 2.21. The van der Waals surface area contributed by atoms with E-state index in [9.17, 15) is 0 Å². The zero-order valence-corrected chi connectivity index (χ0v) is 9.76. The number of hydrogen-bond acceptors (Lipinski definition) is 2. The Bertz CT molecular complexity index is 363. The largest absolute Gasteiger partial charge is 0.197 e. The highest BCUT2D eigenvalue weighted by molar-refractivity contribution is 5.28. The van der Waals surface area contributed by atoms with Crippen molar-refractivity contribution >= 4 is 0 Å². The first kappa shape index (κ1) is 12.4. The monoisotopic (exact) mass is 214 g/mol. The van der Waals surface area contributed by atoms with E-state index in [1.165, 1.54) is 11.1 Å². The molecule has 1 aromatic carbocycles. The van der Waals surface area contributed by atoms with Crippen molar-refractivity contribution in [3.8, 4) is 0 Å². The van der Waals surface area contributed by atoms with Gasteiger partial charge < -0.3 is 0 Å². The molecule has 0 saturated carbocycles. The summed E-state index contributed by atoms with van der Waals surface area (Å²) in [6.07, 6.45) is 4.81. The molecule has 1 atom stereocenters. The molecule has 0 radical (unpaired) electrons. The van der Waals surface area contributed by atoms with Crippen LogP contribution in [0.2, 0.25) is 0 Å². The number of nitrogens with zero attached hydrogens (tertiary/aromatic N) is 2. The maximum absolute atomic E-state index is 3.96. The Kier molecular flexibility index (Phi) is 5.20. The molecule has 1 unspecified atom stereocenters. The zero-order chi connectivity index (χ0) is 11.8. The summed E-state index contributed by atoms with van der Waals surface area (Å²) < 4.78 is 0. The van der Waals surface area contributed by atoms with Gasteiger partial charge in [-0.25, -0.2) is 0 Å². The predicted molar refractivity (Wildman–Crippen MR) is 68.7 cm³/mol. The van der Waals surface area contributed by atoms with Gasteiger partial charge >= 0.3 is 0 Å². The minimum atomic E-state index is 0.361. The number of hydrogen-bond donors (Lipinski definition) is 0. The van der Waals surface area contributed by atoms with Gasteiger partial charge in [0.25, 0.3) is 0 Å². The number of azo groups is 1. The Labute approximate surface area is 97.4 Å². The lowest BCUT2D eigenvalue weighted by Crippen LogP contribution is -1.93. The summed E-state index contributed by atoms with van der Waals surface area (Å²) in [6.45, 7) is 8.25. The minimum absolute atomic E-state index is 0.361. The van der Waals surface area contributed by atoms with Crippen molar-refractivity contribution in [2.45, 2.75) is 18.9 Å². The molecule has 1 rings (SSSR count). The van der Waals surface area contributed by atoms with Crippen LogP contribution in [0.5, 0.6) is 0 Å². The van der Waals surface area contributed by atoms with Crippen LogP contribution >= 0.6 is 0 Å². The summed E-state index contributed by atoms with van der Waals surface area (Å²) >= 11 is 0. The Morgan fingerprint density at radius 1 is 1.25 bits per heavy atom. The molecule has 0 spiro atoms. The molecule has 0 bridgehead atoms. The fraction of sp³-hybridized carbons (Fsp3) is 0.286. The van der Waals surface area contributed by atoms with Gasteiger partial charge in [0.1, 0.15) is 0 Å². The molecule has 2 heteroatoms. The van der Waals surface area contributed by atoms with Crippen molar-refractivity contribution < 1.29 is 0 Å². The van der Waals surface area contributed by atoms with E-state index >= 15 is 0 Å². The van der Waals surface area contributed by atoms with E-state index in [4.69, 9.17) is 0 Å². The lowest BCUT2D eigenvalue weighted by Gasteiger charge is -2.10. The van der Waals surface area contributed by atoms with Gasteiger partial charge in [0.2, 0.25) is 0 Å². The molecule has 0 heterocycles. The van der Waals surface area contributed by atoms with Crippen LogP contribution in [-0.4, -0.2) is 7.05 Å². The van der Waals surface area contributed by atoms with Crippen LogP contribution in [0, 0.1) is 0 Å². The van der Waals surface area contributed by atoms with Crippen LogP contribution in [-0.2, 0) is 6.54 Å². The van der Waals surface area contributed by atoms with Crippen molar-refractivity contribution in [1.82, 2.24) is 0 Å². The summed E-state index contributed by atoms with van der Waals surface area (Å²) in [5.74, 6) is 0.361. The second-order valence-corrected chi connectivity index (χ2v) is 3.61. The van der Waals surface area contributed by atoms with Gasteiger partial charge in [-0.2, -0.15) is 10.2 Å². The van der Waals surface area contributed by atoms with E-state index in [1.807, 2.05) is 12.2 Å². The molecule has 2 nitrogen and oxygen atoms in total. The van der Waals surface area contributed by atoms with Crippen LogP contribution in [0.4, 0.5) is 0 Å². The SMILES string of the molecule is C=CCC(C=C)c1ccc(CN=NC)cc1. The van der Waals surface area contributed by atoms with Gasteiger partial charge in [0.05, 0.1) is 6.54 Å². The molecular formula is C14H18N2. The first-order valence-corrected chi connectivity index (χ1v) is 5.39. The summed E-state index contributed by atoms with van der Waals surface area (Å²) in [6, 6.07) is 8.42. The van der Waals surface area contributed by atoms with Gasteiger partial charge in [0, 0.05) is 13.0 Å². The normalized spacial score (nSPS) is 12.6. The molecule has 0 aromatic heterocycles. The summed E-state index contributed by atoms with van der Waals surface area (Å²) in [5, 5.41) is 7.69. The van der Waals surface area contributed by atoms with E-state index in [0.29, 0.717) is 12.5 Å². The first-order valence-electron chi connectivity index (χ1n) is 5.39. The third-order valence-corrected chi connectivity index (χ3v) is 2.51. The molecule has 0 aliphatic carbocycles. The second kappa shape index (κ2) is 6.72.